The minimum atomic E-state index is -0.265. The van der Waals surface area contributed by atoms with E-state index in [0.717, 1.165) is 44.7 Å². The van der Waals surface area contributed by atoms with Gasteiger partial charge in [-0.05, 0) is 56.8 Å². The second-order valence-electron chi connectivity index (χ2n) is 7.47. The van der Waals surface area contributed by atoms with Gasteiger partial charge in [-0.25, -0.2) is 4.98 Å². The minimum Gasteiger partial charge on any atom is -0.507 e. The zero-order chi connectivity index (χ0) is 18.8. The summed E-state index contributed by atoms with van der Waals surface area (Å²) in [5.41, 5.74) is 7.89. The molecule has 2 aliphatic rings. The van der Waals surface area contributed by atoms with Gasteiger partial charge in [-0.1, -0.05) is 0 Å². The van der Waals surface area contributed by atoms with Crippen molar-refractivity contribution < 1.29 is 5.11 Å². The number of nitrogens with zero attached hydrogens (tertiary/aromatic N) is 3. The maximum atomic E-state index is 12.5. The SMILES string of the molecule is Nc1nc(-c2cc(N3CCCCC3)ccc2O)cn(C2CCCNC2)c1=O. The summed E-state index contributed by atoms with van der Waals surface area (Å²) in [6.45, 7) is 3.75. The summed E-state index contributed by atoms with van der Waals surface area (Å²) in [6.07, 6.45) is 7.31. The molecule has 144 valence electrons. The van der Waals surface area contributed by atoms with Gasteiger partial charge in [0.05, 0.1) is 5.69 Å². The molecule has 3 heterocycles. The molecule has 2 aliphatic heterocycles. The number of piperidine rings is 2. The third-order valence-corrected chi connectivity index (χ3v) is 5.60. The normalized spacial score (nSPS) is 20.6. The van der Waals surface area contributed by atoms with Gasteiger partial charge in [-0.3, -0.25) is 4.79 Å². The average molecular weight is 369 g/mol. The zero-order valence-corrected chi connectivity index (χ0v) is 15.5. The van der Waals surface area contributed by atoms with E-state index in [1.54, 1.807) is 16.8 Å². The summed E-state index contributed by atoms with van der Waals surface area (Å²) in [4.78, 5) is 19.1. The van der Waals surface area contributed by atoms with Crippen LogP contribution in [0.2, 0.25) is 0 Å². The number of phenols is 1. The van der Waals surface area contributed by atoms with E-state index >= 15 is 0 Å². The van der Waals surface area contributed by atoms with E-state index in [1.165, 1.54) is 19.3 Å². The first-order valence-electron chi connectivity index (χ1n) is 9.81. The molecule has 0 radical (unpaired) electrons. The molecule has 2 saturated heterocycles. The Labute approximate surface area is 158 Å². The smallest absolute Gasteiger partial charge is 0.293 e. The Bertz CT molecular complexity index is 867. The zero-order valence-electron chi connectivity index (χ0n) is 15.5. The Balaban J connectivity index is 1.74. The highest BCUT2D eigenvalue weighted by Gasteiger charge is 2.20. The Morgan fingerprint density at radius 2 is 2.00 bits per heavy atom. The van der Waals surface area contributed by atoms with Crippen molar-refractivity contribution >= 4 is 11.5 Å². The second-order valence-corrected chi connectivity index (χ2v) is 7.47. The first-order chi connectivity index (χ1) is 13.1. The molecule has 1 aromatic heterocycles. The summed E-state index contributed by atoms with van der Waals surface area (Å²) >= 11 is 0. The molecule has 2 fully saturated rings. The van der Waals surface area contributed by atoms with Crippen LogP contribution < -0.4 is 21.5 Å². The lowest BCUT2D eigenvalue weighted by molar-refractivity contribution is 0.364. The second kappa shape index (κ2) is 7.60. The summed E-state index contributed by atoms with van der Waals surface area (Å²) < 4.78 is 1.68. The van der Waals surface area contributed by atoms with Crippen molar-refractivity contribution in [3.05, 3.63) is 34.7 Å². The van der Waals surface area contributed by atoms with Crippen LogP contribution in [0.4, 0.5) is 11.5 Å². The topological polar surface area (TPSA) is 96.4 Å². The predicted octanol–water partition coefficient (Wildman–Crippen LogP) is 2.11. The largest absolute Gasteiger partial charge is 0.507 e. The number of hydrogen-bond donors (Lipinski definition) is 3. The van der Waals surface area contributed by atoms with Gasteiger partial charge in [0.15, 0.2) is 5.82 Å². The number of benzene rings is 1. The molecule has 1 aromatic carbocycles. The van der Waals surface area contributed by atoms with Crippen molar-refractivity contribution in [2.75, 3.05) is 36.8 Å². The number of anilines is 2. The number of nitrogens with one attached hydrogen (secondary N) is 1. The highest BCUT2D eigenvalue weighted by molar-refractivity contribution is 5.72. The molecule has 7 heteroatoms. The highest BCUT2D eigenvalue weighted by atomic mass is 16.3. The van der Waals surface area contributed by atoms with Crippen LogP contribution in [-0.2, 0) is 0 Å². The van der Waals surface area contributed by atoms with E-state index in [-0.39, 0.29) is 23.2 Å². The van der Waals surface area contributed by atoms with Crippen LogP contribution in [-0.4, -0.2) is 40.8 Å². The molecule has 7 nitrogen and oxygen atoms in total. The highest BCUT2D eigenvalue weighted by Crippen LogP contribution is 2.33. The van der Waals surface area contributed by atoms with Gasteiger partial charge in [0.25, 0.3) is 5.56 Å². The van der Waals surface area contributed by atoms with E-state index in [4.69, 9.17) is 5.73 Å². The fourth-order valence-electron chi connectivity index (χ4n) is 4.08. The Morgan fingerprint density at radius 3 is 2.74 bits per heavy atom. The molecule has 0 bridgehead atoms. The molecular weight excluding hydrogens is 342 g/mol. The van der Waals surface area contributed by atoms with E-state index < -0.39 is 0 Å². The Morgan fingerprint density at radius 1 is 1.19 bits per heavy atom. The lowest BCUT2D eigenvalue weighted by Crippen LogP contribution is -2.37. The first kappa shape index (κ1) is 17.9. The van der Waals surface area contributed by atoms with Crippen LogP contribution in [0.15, 0.2) is 29.2 Å². The quantitative estimate of drug-likeness (QED) is 0.767. The Hall–Kier alpha value is -2.54. The van der Waals surface area contributed by atoms with Gasteiger partial charge >= 0.3 is 0 Å². The van der Waals surface area contributed by atoms with E-state index in [9.17, 15) is 9.90 Å². The van der Waals surface area contributed by atoms with Gasteiger partial charge in [0.2, 0.25) is 0 Å². The first-order valence-corrected chi connectivity index (χ1v) is 9.81. The predicted molar refractivity (Wildman–Crippen MR) is 107 cm³/mol. The van der Waals surface area contributed by atoms with E-state index in [0.29, 0.717) is 11.3 Å². The number of nitrogens with two attached hydrogens (primary N) is 1. The van der Waals surface area contributed by atoms with Gasteiger partial charge in [-0.2, -0.15) is 0 Å². The maximum Gasteiger partial charge on any atom is 0.293 e. The molecule has 4 N–H and O–H groups in total. The maximum absolute atomic E-state index is 12.5. The van der Waals surface area contributed by atoms with Crippen molar-refractivity contribution in [2.45, 2.75) is 38.1 Å². The monoisotopic (exact) mass is 369 g/mol. The van der Waals surface area contributed by atoms with Crippen molar-refractivity contribution in [3.8, 4) is 17.0 Å². The third kappa shape index (κ3) is 3.64. The molecular formula is C20H27N5O2. The van der Waals surface area contributed by atoms with E-state index in [1.807, 2.05) is 12.1 Å². The van der Waals surface area contributed by atoms with Crippen LogP contribution in [0, 0.1) is 0 Å². The number of aromatic hydroxyl groups is 1. The average Bonchev–Trinajstić information content (AvgIpc) is 2.72. The summed E-state index contributed by atoms with van der Waals surface area (Å²) in [7, 11) is 0. The summed E-state index contributed by atoms with van der Waals surface area (Å²) in [5, 5.41) is 13.8. The molecule has 4 rings (SSSR count). The molecule has 0 amide bonds. The van der Waals surface area contributed by atoms with E-state index in [2.05, 4.69) is 15.2 Å². The molecule has 1 atom stereocenters. The number of aromatic nitrogens is 2. The lowest BCUT2D eigenvalue weighted by Gasteiger charge is -2.29. The molecule has 2 aromatic rings. The standard InChI is InChI=1S/C20H27N5O2/c21-19-20(27)25(15-5-4-8-22-12-15)13-17(23-19)16-11-14(6-7-18(16)26)24-9-2-1-3-10-24/h6-7,11,13,15,22,26H,1-5,8-10,12H2,(H2,21,23). The van der Waals surface area contributed by atoms with Crippen LogP contribution in [0.5, 0.6) is 5.75 Å². The molecule has 0 aliphatic carbocycles. The van der Waals surface area contributed by atoms with Gasteiger partial charge in [-0.15, -0.1) is 0 Å². The van der Waals surface area contributed by atoms with Crippen LogP contribution >= 0.6 is 0 Å². The van der Waals surface area contributed by atoms with Gasteiger partial charge < -0.3 is 25.6 Å². The van der Waals surface area contributed by atoms with Crippen molar-refractivity contribution in [2.24, 2.45) is 0 Å². The fourth-order valence-corrected chi connectivity index (χ4v) is 4.08. The number of nitrogen functional groups attached to an aromatic ring is 1. The van der Waals surface area contributed by atoms with Crippen molar-refractivity contribution in [3.63, 3.8) is 0 Å². The number of phenolic OH excluding ortho intramolecular Hbond substituents is 1. The van der Waals surface area contributed by atoms with Gasteiger partial charge in [0, 0.05) is 43.1 Å². The molecule has 1 unspecified atom stereocenters. The lowest BCUT2D eigenvalue weighted by atomic mass is 10.1. The summed E-state index contributed by atoms with van der Waals surface area (Å²) in [6, 6.07) is 5.66. The van der Waals surface area contributed by atoms with Crippen molar-refractivity contribution in [1.82, 2.24) is 14.9 Å². The molecule has 0 spiro atoms. The van der Waals surface area contributed by atoms with Gasteiger partial charge in [0.1, 0.15) is 5.75 Å². The molecule has 0 saturated carbocycles. The summed E-state index contributed by atoms with van der Waals surface area (Å²) in [5.74, 6) is 0.121. The molecule has 27 heavy (non-hydrogen) atoms. The van der Waals surface area contributed by atoms with Crippen molar-refractivity contribution in [1.29, 1.82) is 0 Å². The van der Waals surface area contributed by atoms with Crippen LogP contribution in [0.3, 0.4) is 0 Å². The third-order valence-electron chi connectivity index (χ3n) is 5.60. The Kier molecular flexibility index (Phi) is 5.03. The van der Waals surface area contributed by atoms with Crippen LogP contribution in [0.25, 0.3) is 11.3 Å². The van der Waals surface area contributed by atoms with Crippen LogP contribution in [0.1, 0.15) is 38.1 Å². The fraction of sp³-hybridized carbons (Fsp3) is 0.500. The minimum absolute atomic E-state index is 0.0270. The number of hydrogen-bond acceptors (Lipinski definition) is 6. The number of rotatable bonds is 3.